The lowest BCUT2D eigenvalue weighted by atomic mass is 9.91. The second-order valence-electron chi connectivity index (χ2n) is 5.57. The minimum Gasteiger partial charge on any atom is -0.339 e. The molecule has 20 heavy (non-hydrogen) atoms. The van der Waals surface area contributed by atoms with E-state index in [0.717, 1.165) is 23.6 Å². The number of benzene rings is 1. The highest BCUT2D eigenvalue weighted by Gasteiger charge is 2.37. The van der Waals surface area contributed by atoms with Crippen LogP contribution in [0.3, 0.4) is 0 Å². The number of aromatic nitrogens is 1. The van der Waals surface area contributed by atoms with Crippen molar-refractivity contribution in [3.63, 3.8) is 0 Å². The molecule has 2 aromatic rings. The lowest BCUT2D eigenvalue weighted by Crippen LogP contribution is -2.25. The minimum atomic E-state index is -0.419. The molecule has 0 atom stereocenters. The molecule has 3 rings (SSSR count). The summed E-state index contributed by atoms with van der Waals surface area (Å²) < 4.78 is 13.7. The van der Waals surface area contributed by atoms with Crippen LogP contribution < -0.4 is 4.90 Å². The first-order valence-electron chi connectivity index (χ1n) is 6.28. The lowest BCUT2D eigenvalue weighted by Gasteiger charge is -2.22. The van der Waals surface area contributed by atoms with Crippen molar-refractivity contribution < 1.29 is 4.39 Å². The first-order valence-corrected chi connectivity index (χ1v) is 7.04. The van der Waals surface area contributed by atoms with Gasteiger partial charge in [-0.3, -0.25) is 0 Å². The second kappa shape index (κ2) is 4.61. The van der Waals surface area contributed by atoms with Crippen LogP contribution in [0, 0.1) is 5.82 Å². The average Bonchev–Trinajstić information content (AvgIpc) is 2.65. The van der Waals surface area contributed by atoms with Crippen LogP contribution in [-0.4, -0.2) is 11.5 Å². The van der Waals surface area contributed by atoms with Gasteiger partial charge in [0.05, 0.1) is 16.4 Å². The van der Waals surface area contributed by atoms with Crippen LogP contribution in [0.25, 0.3) is 0 Å². The molecule has 0 N–H and O–H groups in total. The molecule has 0 fully saturated rings. The third-order valence-electron chi connectivity index (χ3n) is 3.54. The van der Waals surface area contributed by atoms with E-state index in [4.69, 9.17) is 23.2 Å². The van der Waals surface area contributed by atoms with Gasteiger partial charge in [-0.15, -0.1) is 0 Å². The Hall–Kier alpha value is -1.32. The van der Waals surface area contributed by atoms with Gasteiger partial charge in [0.25, 0.3) is 0 Å². The Kier molecular flexibility index (Phi) is 3.14. The smallest absolute Gasteiger partial charge is 0.143 e. The summed E-state index contributed by atoms with van der Waals surface area (Å²) >= 11 is 11.7. The fourth-order valence-electron chi connectivity index (χ4n) is 2.58. The summed E-state index contributed by atoms with van der Waals surface area (Å²) in [6.45, 7) is 4.92. The predicted octanol–water partition coefficient (Wildman–Crippen LogP) is 4.96. The largest absolute Gasteiger partial charge is 0.339 e. The molecule has 5 heteroatoms. The van der Waals surface area contributed by atoms with E-state index in [9.17, 15) is 4.39 Å². The fourth-order valence-corrected chi connectivity index (χ4v) is 2.85. The zero-order chi connectivity index (χ0) is 14.5. The maximum atomic E-state index is 13.7. The molecule has 1 aliphatic rings. The molecule has 0 amide bonds. The molecule has 0 radical (unpaired) electrons. The molecule has 2 heterocycles. The van der Waals surface area contributed by atoms with Crippen molar-refractivity contribution >= 4 is 34.6 Å². The lowest BCUT2D eigenvalue weighted by molar-refractivity contribution is 0.553. The second-order valence-corrected chi connectivity index (χ2v) is 6.36. The molecule has 0 unspecified atom stereocenters. The zero-order valence-electron chi connectivity index (χ0n) is 11.1. The molecular weight excluding hydrogens is 298 g/mol. The normalized spacial score (nSPS) is 16.4. The highest BCUT2D eigenvalue weighted by atomic mass is 35.5. The van der Waals surface area contributed by atoms with E-state index in [0.29, 0.717) is 5.15 Å². The van der Waals surface area contributed by atoms with E-state index in [1.54, 1.807) is 12.1 Å². The summed E-state index contributed by atoms with van der Waals surface area (Å²) in [5, 5.41) is 0.600. The van der Waals surface area contributed by atoms with Gasteiger partial charge in [-0.25, -0.2) is 9.37 Å². The van der Waals surface area contributed by atoms with E-state index in [2.05, 4.69) is 18.8 Å². The van der Waals surface area contributed by atoms with E-state index < -0.39 is 5.82 Å². The van der Waals surface area contributed by atoms with E-state index in [1.807, 2.05) is 17.0 Å². The van der Waals surface area contributed by atoms with Gasteiger partial charge in [-0.2, -0.15) is 0 Å². The van der Waals surface area contributed by atoms with Gasteiger partial charge in [-0.05, 0) is 30.3 Å². The molecule has 0 bridgehead atoms. The van der Waals surface area contributed by atoms with Gasteiger partial charge in [0, 0.05) is 17.6 Å². The molecule has 0 spiro atoms. The molecule has 0 aliphatic carbocycles. The van der Waals surface area contributed by atoms with E-state index in [1.165, 1.54) is 6.07 Å². The van der Waals surface area contributed by atoms with Crippen molar-refractivity contribution in [1.29, 1.82) is 0 Å². The molecule has 0 saturated carbocycles. The van der Waals surface area contributed by atoms with E-state index in [-0.39, 0.29) is 10.4 Å². The van der Waals surface area contributed by atoms with Crippen LogP contribution in [0.1, 0.15) is 19.5 Å². The van der Waals surface area contributed by atoms with Gasteiger partial charge in [0.1, 0.15) is 11.0 Å². The Morgan fingerprint density at radius 3 is 2.65 bits per heavy atom. The van der Waals surface area contributed by atoms with Crippen molar-refractivity contribution in [3.05, 3.63) is 52.0 Å². The van der Waals surface area contributed by atoms with Crippen LogP contribution >= 0.6 is 23.2 Å². The summed E-state index contributed by atoms with van der Waals surface area (Å²) in [5.41, 5.74) is 2.51. The Bertz CT molecular complexity index is 686. The number of anilines is 2. The standard InChI is InChI=1S/C15H13Cl2FN2/c1-15(2)8-20(9-3-4-10(16)11(18)7-9)12-5-6-13(17)19-14(12)15/h3-7H,8H2,1-2H3. The predicted molar refractivity (Wildman–Crippen MR) is 80.7 cm³/mol. The Balaban J connectivity index is 2.12. The van der Waals surface area contributed by atoms with Crippen LogP contribution in [0.5, 0.6) is 0 Å². The number of rotatable bonds is 1. The van der Waals surface area contributed by atoms with Crippen molar-refractivity contribution in [1.82, 2.24) is 4.98 Å². The summed E-state index contributed by atoms with van der Waals surface area (Å²) in [6, 6.07) is 8.50. The minimum absolute atomic E-state index is 0.127. The van der Waals surface area contributed by atoms with Crippen LogP contribution in [0.15, 0.2) is 30.3 Å². The number of halogens is 3. The monoisotopic (exact) mass is 310 g/mol. The highest BCUT2D eigenvalue weighted by Crippen LogP contribution is 2.43. The van der Waals surface area contributed by atoms with Gasteiger partial charge in [0.15, 0.2) is 0 Å². The Morgan fingerprint density at radius 2 is 1.95 bits per heavy atom. The molecule has 1 aliphatic heterocycles. The first-order chi connectivity index (χ1) is 9.38. The Labute approximate surface area is 127 Å². The summed E-state index contributed by atoms with van der Waals surface area (Å²) in [7, 11) is 0. The van der Waals surface area contributed by atoms with Crippen molar-refractivity contribution in [2.24, 2.45) is 0 Å². The van der Waals surface area contributed by atoms with Gasteiger partial charge >= 0.3 is 0 Å². The highest BCUT2D eigenvalue weighted by molar-refractivity contribution is 6.30. The fraction of sp³-hybridized carbons (Fsp3) is 0.267. The first kappa shape index (κ1) is 13.7. The molecule has 1 aromatic carbocycles. The molecule has 1 aromatic heterocycles. The third kappa shape index (κ3) is 2.15. The number of fused-ring (bicyclic) bond motifs is 1. The van der Waals surface area contributed by atoms with Gasteiger partial charge in [-0.1, -0.05) is 37.0 Å². The van der Waals surface area contributed by atoms with Crippen LogP contribution in [0.2, 0.25) is 10.2 Å². The zero-order valence-corrected chi connectivity index (χ0v) is 12.6. The number of pyridine rings is 1. The number of hydrogen-bond acceptors (Lipinski definition) is 2. The third-order valence-corrected chi connectivity index (χ3v) is 4.06. The topological polar surface area (TPSA) is 16.1 Å². The molecule has 2 nitrogen and oxygen atoms in total. The summed E-state index contributed by atoms with van der Waals surface area (Å²) in [6.07, 6.45) is 0. The van der Waals surface area contributed by atoms with Gasteiger partial charge in [0.2, 0.25) is 0 Å². The Morgan fingerprint density at radius 1 is 1.20 bits per heavy atom. The van der Waals surface area contributed by atoms with E-state index >= 15 is 0 Å². The van der Waals surface area contributed by atoms with Crippen molar-refractivity contribution in [2.45, 2.75) is 19.3 Å². The summed E-state index contributed by atoms with van der Waals surface area (Å²) in [4.78, 5) is 6.47. The molecule has 104 valence electrons. The maximum absolute atomic E-state index is 13.7. The van der Waals surface area contributed by atoms with Gasteiger partial charge < -0.3 is 4.90 Å². The van der Waals surface area contributed by atoms with Crippen LogP contribution in [-0.2, 0) is 5.41 Å². The number of hydrogen-bond donors (Lipinski definition) is 0. The summed E-state index contributed by atoms with van der Waals surface area (Å²) in [5.74, 6) is -0.419. The van der Waals surface area contributed by atoms with Crippen molar-refractivity contribution in [3.8, 4) is 0 Å². The van der Waals surface area contributed by atoms with Crippen LogP contribution in [0.4, 0.5) is 15.8 Å². The molecular formula is C15H13Cl2FN2. The number of nitrogens with zero attached hydrogens (tertiary/aromatic N) is 2. The molecule has 0 saturated heterocycles. The maximum Gasteiger partial charge on any atom is 0.143 e. The quantitative estimate of drug-likeness (QED) is 0.692. The van der Waals surface area contributed by atoms with Crippen molar-refractivity contribution in [2.75, 3.05) is 11.4 Å². The SMILES string of the molecule is CC1(C)CN(c2ccc(Cl)c(F)c2)c2ccc(Cl)nc21. The average molecular weight is 311 g/mol.